The van der Waals surface area contributed by atoms with Crippen LogP contribution in [0.1, 0.15) is 26.7 Å². The van der Waals surface area contributed by atoms with Gasteiger partial charge in [0.25, 0.3) is 0 Å². The number of hydrogen-bond acceptors (Lipinski definition) is 4. The highest BCUT2D eigenvalue weighted by Gasteiger charge is 2.64. The van der Waals surface area contributed by atoms with Crippen molar-refractivity contribution in [1.82, 2.24) is 0 Å². The van der Waals surface area contributed by atoms with Gasteiger partial charge in [0.05, 0.1) is 19.3 Å². The standard InChI is InChI=1S/C10H16O4/c1-9(2)6-10(4-5-13-9)7(14-10)8(11)12-3/h7H,4-6H2,1-3H3. The summed E-state index contributed by atoms with van der Waals surface area (Å²) in [5.74, 6) is -0.261. The molecule has 2 saturated heterocycles. The largest absolute Gasteiger partial charge is 0.467 e. The maximum absolute atomic E-state index is 11.3. The average Bonchev–Trinajstić information content (AvgIpc) is 2.75. The van der Waals surface area contributed by atoms with Gasteiger partial charge in [0, 0.05) is 12.8 Å². The normalized spacial score (nSPS) is 39.5. The van der Waals surface area contributed by atoms with E-state index in [1.807, 2.05) is 13.8 Å². The van der Waals surface area contributed by atoms with E-state index in [2.05, 4.69) is 4.74 Å². The van der Waals surface area contributed by atoms with Crippen molar-refractivity contribution >= 4 is 5.97 Å². The molecule has 0 aromatic carbocycles. The molecule has 4 heteroatoms. The van der Waals surface area contributed by atoms with Gasteiger partial charge in [-0.15, -0.1) is 0 Å². The number of esters is 1. The van der Waals surface area contributed by atoms with Gasteiger partial charge in [0.2, 0.25) is 0 Å². The Morgan fingerprint density at radius 2 is 2.21 bits per heavy atom. The number of carbonyl (C=O) groups is 1. The van der Waals surface area contributed by atoms with Gasteiger partial charge in [-0.3, -0.25) is 0 Å². The Morgan fingerprint density at radius 1 is 1.50 bits per heavy atom. The molecule has 2 unspecified atom stereocenters. The van der Waals surface area contributed by atoms with Crippen molar-refractivity contribution in [3.05, 3.63) is 0 Å². The van der Waals surface area contributed by atoms with E-state index >= 15 is 0 Å². The third kappa shape index (κ3) is 1.53. The molecule has 1 spiro atoms. The molecule has 2 heterocycles. The second kappa shape index (κ2) is 2.94. The molecule has 0 aromatic rings. The van der Waals surface area contributed by atoms with Crippen molar-refractivity contribution in [2.24, 2.45) is 0 Å². The minimum Gasteiger partial charge on any atom is -0.467 e. The van der Waals surface area contributed by atoms with Gasteiger partial charge < -0.3 is 14.2 Å². The Bertz CT molecular complexity index is 261. The van der Waals surface area contributed by atoms with E-state index in [1.165, 1.54) is 7.11 Å². The number of carbonyl (C=O) groups excluding carboxylic acids is 1. The highest BCUT2D eigenvalue weighted by molar-refractivity contribution is 5.79. The molecule has 0 radical (unpaired) electrons. The fourth-order valence-corrected chi connectivity index (χ4v) is 2.26. The Labute approximate surface area is 83.5 Å². The number of ether oxygens (including phenoxy) is 3. The second-order valence-electron chi connectivity index (χ2n) is 4.62. The molecule has 0 N–H and O–H groups in total. The smallest absolute Gasteiger partial charge is 0.338 e. The first-order valence-corrected chi connectivity index (χ1v) is 4.89. The minimum atomic E-state index is -0.365. The molecule has 2 aliphatic heterocycles. The molecule has 2 atom stereocenters. The minimum absolute atomic E-state index is 0.193. The van der Waals surface area contributed by atoms with E-state index in [-0.39, 0.29) is 23.3 Å². The fraction of sp³-hybridized carbons (Fsp3) is 0.900. The van der Waals surface area contributed by atoms with Gasteiger partial charge in [0.15, 0.2) is 6.10 Å². The fourth-order valence-electron chi connectivity index (χ4n) is 2.26. The molecule has 0 saturated carbocycles. The molecule has 2 rings (SSSR count). The quantitative estimate of drug-likeness (QED) is 0.466. The van der Waals surface area contributed by atoms with Gasteiger partial charge in [-0.05, 0) is 13.8 Å². The Morgan fingerprint density at radius 3 is 2.79 bits per heavy atom. The molecule has 4 nitrogen and oxygen atoms in total. The summed E-state index contributed by atoms with van der Waals surface area (Å²) in [6, 6.07) is 0. The van der Waals surface area contributed by atoms with Crippen molar-refractivity contribution in [2.75, 3.05) is 13.7 Å². The molecule has 0 aliphatic carbocycles. The van der Waals surface area contributed by atoms with Crippen molar-refractivity contribution in [1.29, 1.82) is 0 Å². The summed E-state index contributed by atoms with van der Waals surface area (Å²) < 4.78 is 15.7. The van der Waals surface area contributed by atoms with E-state index in [4.69, 9.17) is 9.47 Å². The maximum atomic E-state index is 11.3. The summed E-state index contributed by atoms with van der Waals surface area (Å²) in [6.07, 6.45) is 1.19. The Balaban J connectivity index is 2.03. The van der Waals surface area contributed by atoms with Crippen LogP contribution in [0.25, 0.3) is 0 Å². The lowest BCUT2D eigenvalue weighted by Gasteiger charge is -2.34. The van der Waals surface area contributed by atoms with Crippen LogP contribution < -0.4 is 0 Å². The molecular weight excluding hydrogens is 184 g/mol. The van der Waals surface area contributed by atoms with E-state index in [0.29, 0.717) is 6.61 Å². The molecule has 80 valence electrons. The predicted octanol–water partition coefficient (Wildman–Crippen LogP) is 0.886. The SMILES string of the molecule is COC(=O)C1OC12CCOC(C)(C)C2. The van der Waals surface area contributed by atoms with Crippen molar-refractivity contribution in [3.8, 4) is 0 Å². The average molecular weight is 200 g/mol. The van der Waals surface area contributed by atoms with Crippen LogP contribution in [0.2, 0.25) is 0 Å². The van der Waals surface area contributed by atoms with E-state index in [9.17, 15) is 4.79 Å². The summed E-state index contributed by atoms with van der Waals surface area (Å²) in [5, 5.41) is 0. The lowest BCUT2D eigenvalue weighted by Crippen LogP contribution is -2.41. The first-order chi connectivity index (χ1) is 6.49. The molecule has 0 aromatic heterocycles. The molecule has 14 heavy (non-hydrogen) atoms. The lowest BCUT2D eigenvalue weighted by atomic mass is 9.86. The van der Waals surface area contributed by atoms with Crippen molar-refractivity contribution in [2.45, 2.75) is 44.0 Å². The first kappa shape index (κ1) is 9.93. The van der Waals surface area contributed by atoms with Crippen LogP contribution in [0.5, 0.6) is 0 Å². The highest BCUT2D eigenvalue weighted by Crippen LogP contribution is 2.49. The molecule has 0 amide bonds. The topological polar surface area (TPSA) is 48.1 Å². The van der Waals surface area contributed by atoms with Crippen LogP contribution in [0, 0.1) is 0 Å². The van der Waals surface area contributed by atoms with Crippen LogP contribution in [-0.4, -0.2) is 37.0 Å². The molecular formula is C10H16O4. The monoisotopic (exact) mass is 200 g/mol. The van der Waals surface area contributed by atoms with Gasteiger partial charge in [0.1, 0.15) is 5.60 Å². The van der Waals surface area contributed by atoms with E-state index in [0.717, 1.165) is 12.8 Å². The predicted molar refractivity (Wildman–Crippen MR) is 48.9 cm³/mol. The molecule has 0 bridgehead atoms. The number of rotatable bonds is 1. The van der Waals surface area contributed by atoms with Gasteiger partial charge in [-0.25, -0.2) is 4.79 Å². The number of methoxy groups -OCH3 is 1. The van der Waals surface area contributed by atoms with Crippen molar-refractivity contribution in [3.63, 3.8) is 0 Å². The Hall–Kier alpha value is -0.610. The zero-order valence-electron chi connectivity index (χ0n) is 8.83. The number of epoxide rings is 1. The van der Waals surface area contributed by atoms with Crippen LogP contribution >= 0.6 is 0 Å². The second-order valence-corrected chi connectivity index (χ2v) is 4.62. The van der Waals surface area contributed by atoms with Gasteiger partial charge in [-0.1, -0.05) is 0 Å². The summed E-state index contributed by atoms with van der Waals surface area (Å²) in [5.41, 5.74) is -0.490. The highest BCUT2D eigenvalue weighted by atomic mass is 16.7. The summed E-state index contributed by atoms with van der Waals surface area (Å²) >= 11 is 0. The maximum Gasteiger partial charge on any atom is 0.338 e. The molecule has 2 aliphatic rings. The third-order valence-corrected chi connectivity index (χ3v) is 2.93. The van der Waals surface area contributed by atoms with Gasteiger partial charge in [-0.2, -0.15) is 0 Å². The van der Waals surface area contributed by atoms with E-state index in [1.54, 1.807) is 0 Å². The van der Waals surface area contributed by atoms with E-state index < -0.39 is 0 Å². The Kier molecular flexibility index (Phi) is 2.08. The van der Waals surface area contributed by atoms with Crippen molar-refractivity contribution < 1.29 is 19.0 Å². The van der Waals surface area contributed by atoms with Crippen LogP contribution in [-0.2, 0) is 19.0 Å². The third-order valence-electron chi connectivity index (χ3n) is 2.93. The number of hydrogen-bond donors (Lipinski definition) is 0. The summed E-state index contributed by atoms with van der Waals surface area (Å²) in [4.78, 5) is 11.3. The zero-order valence-corrected chi connectivity index (χ0v) is 8.83. The van der Waals surface area contributed by atoms with Crippen LogP contribution in [0.15, 0.2) is 0 Å². The van der Waals surface area contributed by atoms with Crippen LogP contribution in [0.4, 0.5) is 0 Å². The summed E-state index contributed by atoms with van der Waals surface area (Å²) in [7, 11) is 1.39. The lowest BCUT2D eigenvalue weighted by molar-refractivity contribution is -0.142. The molecule has 2 fully saturated rings. The summed E-state index contributed by atoms with van der Waals surface area (Å²) in [6.45, 7) is 4.69. The van der Waals surface area contributed by atoms with Gasteiger partial charge >= 0.3 is 5.97 Å². The first-order valence-electron chi connectivity index (χ1n) is 4.89. The zero-order chi connectivity index (χ0) is 10.4. The van der Waals surface area contributed by atoms with Crippen LogP contribution in [0.3, 0.4) is 0 Å².